The van der Waals surface area contributed by atoms with Crippen LogP contribution in [0, 0.1) is 11.6 Å². The van der Waals surface area contributed by atoms with Crippen molar-refractivity contribution in [3.05, 3.63) is 71.4 Å². The molecule has 0 unspecified atom stereocenters. The molecule has 0 saturated carbocycles. The number of pyridine rings is 1. The van der Waals surface area contributed by atoms with Crippen molar-refractivity contribution in [2.45, 2.75) is 6.54 Å². The molecule has 0 bridgehead atoms. The van der Waals surface area contributed by atoms with Crippen LogP contribution in [0.15, 0.2) is 48.7 Å². The predicted molar refractivity (Wildman–Crippen MR) is 95.4 cm³/mol. The molecular formula is C19H13F2N5O2. The number of hydrogen-bond donors (Lipinski definition) is 1. The topological polar surface area (TPSA) is 93.8 Å². The van der Waals surface area contributed by atoms with Gasteiger partial charge in [0.2, 0.25) is 5.82 Å². The lowest BCUT2D eigenvalue weighted by molar-refractivity contribution is 0.0902. The standard InChI is InChI=1S/C19H13F2N5O2/c20-15-7-12(17(28)10-27)8-16(21)14(15)9-26-19(23-24-25-26)18-13-4-2-1-3-11(13)5-6-22-18/h1-8,27H,9-10H2. The van der Waals surface area contributed by atoms with Gasteiger partial charge >= 0.3 is 0 Å². The number of tetrazole rings is 1. The van der Waals surface area contributed by atoms with Crippen molar-refractivity contribution >= 4 is 16.6 Å². The van der Waals surface area contributed by atoms with E-state index in [0.29, 0.717) is 5.69 Å². The van der Waals surface area contributed by atoms with Gasteiger partial charge < -0.3 is 5.11 Å². The molecule has 0 spiro atoms. The van der Waals surface area contributed by atoms with Crippen molar-refractivity contribution in [1.29, 1.82) is 0 Å². The third kappa shape index (κ3) is 3.12. The third-order valence-electron chi connectivity index (χ3n) is 4.33. The minimum atomic E-state index is -0.927. The van der Waals surface area contributed by atoms with Gasteiger partial charge in [-0.25, -0.2) is 13.5 Å². The Balaban J connectivity index is 1.76. The molecule has 0 saturated heterocycles. The number of hydrogen-bond acceptors (Lipinski definition) is 6. The zero-order chi connectivity index (χ0) is 19.7. The van der Waals surface area contributed by atoms with Gasteiger partial charge in [-0.2, -0.15) is 0 Å². The monoisotopic (exact) mass is 381 g/mol. The summed E-state index contributed by atoms with van der Waals surface area (Å²) < 4.78 is 30.1. The van der Waals surface area contributed by atoms with Gasteiger partial charge in [0.25, 0.3) is 0 Å². The van der Waals surface area contributed by atoms with Crippen LogP contribution in [-0.4, -0.2) is 42.7 Å². The van der Waals surface area contributed by atoms with E-state index in [1.54, 1.807) is 6.20 Å². The molecule has 0 fully saturated rings. The van der Waals surface area contributed by atoms with Crippen LogP contribution in [-0.2, 0) is 6.54 Å². The summed E-state index contributed by atoms with van der Waals surface area (Å²) in [6.07, 6.45) is 1.60. The second-order valence-corrected chi connectivity index (χ2v) is 6.04. The summed E-state index contributed by atoms with van der Waals surface area (Å²) in [4.78, 5) is 15.8. The minimum absolute atomic E-state index is 0.242. The molecule has 0 aliphatic heterocycles. The number of aliphatic hydroxyl groups excluding tert-OH is 1. The van der Waals surface area contributed by atoms with Crippen molar-refractivity contribution in [3.63, 3.8) is 0 Å². The van der Waals surface area contributed by atoms with E-state index in [2.05, 4.69) is 20.5 Å². The first-order valence-electron chi connectivity index (χ1n) is 8.30. The SMILES string of the molecule is O=C(CO)c1cc(F)c(Cn2nnnc2-c2nccc3ccccc23)c(F)c1. The van der Waals surface area contributed by atoms with E-state index in [1.165, 1.54) is 4.68 Å². The number of fused-ring (bicyclic) bond motifs is 1. The summed E-state index contributed by atoms with van der Waals surface area (Å²) in [5.74, 6) is -2.37. The van der Waals surface area contributed by atoms with Crippen molar-refractivity contribution in [2.75, 3.05) is 6.61 Å². The highest BCUT2D eigenvalue weighted by Gasteiger charge is 2.19. The molecule has 0 aliphatic rings. The van der Waals surface area contributed by atoms with Crippen molar-refractivity contribution in [1.82, 2.24) is 25.2 Å². The molecule has 7 nitrogen and oxygen atoms in total. The van der Waals surface area contributed by atoms with E-state index < -0.39 is 24.0 Å². The summed E-state index contributed by atoms with van der Waals surface area (Å²) in [6, 6.07) is 11.1. The molecule has 2 aromatic carbocycles. The molecule has 0 atom stereocenters. The maximum Gasteiger partial charge on any atom is 0.201 e. The zero-order valence-corrected chi connectivity index (χ0v) is 14.4. The fourth-order valence-corrected chi connectivity index (χ4v) is 2.93. The number of carbonyl (C=O) groups excluding carboxylic acids is 1. The number of nitrogens with zero attached hydrogens (tertiary/aromatic N) is 5. The molecule has 2 aromatic heterocycles. The van der Waals surface area contributed by atoms with E-state index >= 15 is 0 Å². The second kappa shape index (κ2) is 7.20. The second-order valence-electron chi connectivity index (χ2n) is 6.04. The van der Waals surface area contributed by atoms with Crippen LogP contribution in [0.2, 0.25) is 0 Å². The highest BCUT2D eigenvalue weighted by atomic mass is 19.1. The fourth-order valence-electron chi connectivity index (χ4n) is 2.93. The number of rotatable bonds is 5. The predicted octanol–water partition coefficient (Wildman–Crippen LogP) is 2.39. The maximum atomic E-state index is 14.4. The minimum Gasteiger partial charge on any atom is -0.388 e. The smallest absolute Gasteiger partial charge is 0.201 e. The van der Waals surface area contributed by atoms with Crippen LogP contribution in [0.3, 0.4) is 0 Å². The number of Topliss-reactive ketones (excluding diaryl/α,β-unsaturated/α-hetero) is 1. The van der Waals surface area contributed by atoms with Gasteiger partial charge in [-0.05, 0) is 34.0 Å². The van der Waals surface area contributed by atoms with Gasteiger partial charge in [0.05, 0.1) is 6.54 Å². The summed E-state index contributed by atoms with van der Waals surface area (Å²) in [5, 5.41) is 22.0. The lowest BCUT2D eigenvalue weighted by atomic mass is 10.1. The van der Waals surface area contributed by atoms with Gasteiger partial charge in [0, 0.05) is 22.7 Å². The lowest BCUT2D eigenvalue weighted by Gasteiger charge is -2.09. The molecule has 0 amide bonds. The lowest BCUT2D eigenvalue weighted by Crippen LogP contribution is -2.11. The Morgan fingerprint density at radius 1 is 1.11 bits per heavy atom. The van der Waals surface area contributed by atoms with Crippen LogP contribution in [0.4, 0.5) is 8.78 Å². The van der Waals surface area contributed by atoms with Crippen molar-refractivity contribution in [2.24, 2.45) is 0 Å². The fraction of sp³-hybridized carbons (Fsp3) is 0.105. The number of benzene rings is 2. The molecule has 1 N–H and O–H groups in total. The van der Waals surface area contributed by atoms with Gasteiger partial charge in [0.1, 0.15) is 23.9 Å². The quantitative estimate of drug-likeness (QED) is 0.534. The summed E-state index contributed by atoms with van der Waals surface area (Å²) in [5.41, 5.74) is -0.0619. The number of aliphatic hydroxyl groups is 1. The first kappa shape index (κ1) is 17.8. The number of aromatic nitrogens is 5. The molecule has 28 heavy (non-hydrogen) atoms. The Morgan fingerprint density at radius 3 is 2.61 bits per heavy atom. The zero-order valence-electron chi connectivity index (χ0n) is 14.4. The number of carbonyl (C=O) groups is 1. The summed E-state index contributed by atoms with van der Waals surface area (Å²) in [6.45, 7) is -1.12. The Labute approximate surface area is 157 Å². The molecular weight excluding hydrogens is 368 g/mol. The first-order chi connectivity index (χ1) is 13.6. The number of halogens is 2. The van der Waals surface area contributed by atoms with Crippen LogP contribution < -0.4 is 0 Å². The average molecular weight is 381 g/mol. The molecule has 2 heterocycles. The van der Waals surface area contributed by atoms with Crippen molar-refractivity contribution < 1.29 is 18.7 Å². The highest BCUT2D eigenvalue weighted by Crippen LogP contribution is 2.25. The summed E-state index contributed by atoms with van der Waals surface area (Å²) >= 11 is 0. The Morgan fingerprint density at radius 2 is 1.86 bits per heavy atom. The third-order valence-corrected chi connectivity index (χ3v) is 4.33. The van der Waals surface area contributed by atoms with Crippen molar-refractivity contribution in [3.8, 4) is 11.5 Å². The highest BCUT2D eigenvalue weighted by molar-refractivity contribution is 5.97. The van der Waals surface area contributed by atoms with E-state index in [1.807, 2.05) is 30.3 Å². The number of ketones is 1. The Bertz CT molecular complexity index is 1160. The van der Waals surface area contributed by atoms with Crippen LogP contribution in [0.1, 0.15) is 15.9 Å². The van der Waals surface area contributed by atoms with Gasteiger partial charge in [-0.15, -0.1) is 5.10 Å². The van der Waals surface area contributed by atoms with Crippen LogP contribution >= 0.6 is 0 Å². The molecule has 0 radical (unpaired) electrons. The van der Waals surface area contributed by atoms with Gasteiger partial charge in [0.15, 0.2) is 5.78 Å². The molecule has 4 aromatic rings. The average Bonchev–Trinajstić information content (AvgIpc) is 3.17. The molecule has 4 rings (SSSR count). The molecule has 0 aliphatic carbocycles. The Hall–Kier alpha value is -3.59. The Kier molecular flexibility index (Phi) is 4.58. The van der Waals surface area contributed by atoms with E-state index in [9.17, 15) is 13.6 Å². The van der Waals surface area contributed by atoms with E-state index in [4.69, 9.17) is 5.11 Å². The largest absolute Gasteiger partial charge is 0.388 e. The van der Waals surface area contributed by atoms with Gasteiger partial charge in [-0.3, -0.25) is 9.78 Å². The first-order valence-corrected chi connectivity index (χ1v) is 8.30. The van der Waals surface area contributed by atoms with E-state index in [0.717, 1.165) is 22.9 Å². The van der Waals surface area contributed by atoms with Crippen LogP contribution in [0.5, 0.6) is 0 Å². The van der Waals surface area contributed by atoms with Crippen LogP contribution in [0.25, 0.3) is 22.3 Å². The maximum absolute atomic E-state index is 14.4. The van der Waals surface area contributed by atoms with Gasteiger partial charge in [-0.1, -0.05) is 24.3 Å². The normalized spacial score (nSPS) is 11.1. The van der Waals surface area contributed by atoms with E-state index in [-0.39, 0.29) is 23.5 Å². The molecule has 9 heteroatoms. The summed E-state index contributed by atoms with van der Waals surface area (Å²) in [7, 11) is 0. The molecule has 140 valence electrons.